The van der Waals surface area contributed by atoms with Gasteiger partial charge in [0.05, 0.1) is 0 Å². The molecule has 100 valence electrons. The van der Waals surface area contributed by atoms with Crippen molar-refractivity contribution in [3.63, 3.8) is 0 Å². The van der Waals surface area contributed by atoms with Gasteiger partial charge in [-0.3, -0.25) is 0 Å². The molecule has 0 aliphatic carbocycles. The summed E-state index contributed by atoms with van der Waals surface area (Å²) in [6.07, 6.45) is 1.96. The van der Waals surface area contributed by atoms with Crippen molar-refractivity contribution in [2.45, 2.75) is 33.6 Å². The fourth-order valence-electron chi connectivity index (χ4n) is 2.49. The summed E-state index contributed by atoms with van der Waals surface area (Å²) in [6, 6.07) is 13.3. The first-order valence-electron chi connectivity index (χ1n) is 6.95. The Morgan fingerprint density at radius 3 is 2.37 bits per heavy atom. The molecule has 0 aromatic heterocycles. The van der Waals surface area contributed by atoms with E-state index in [4.69, 9.17) is 5.73 Å². The lowest BCUT2D eigenvalue weighted by atomic mass is 9.94. The van der Waals surface area contributed by atoms with Crippen LogP contribution in [0.1, 0.15) is 33.4 Å². The molecule has 1 heteroatoms. The standard InChI is InChI=1S/C18H23N/c1-13-7-8-18(15(3)14(13)2)12-17-6-4-5-16(11-17)9-10-19/h4-8,11H,9-10,12,19H2,1-3H3. The van der Waals surface area contributed by atoms with E-state index in [1.165, 1.54) is 33.4 Å². The van der Waals surface area contributed by atoms with Crippen molar-refractivity contribution in [1.82, 2.24) is 0 Å². The lowest BCUT2D eigenvalue weighted by Crippen LogP contribution is -2.03. The summed E-state index contributed by atoms with van der Waals surface area (Å²) in [7, 11) is 0. The molecule has 19 heavy (non-hydrogen) atoms. The Kier molecular flexibility index (Phi) is 4.39. The minimum Gasteiger partial charge on any atom is -0.330 e. The molecule has 2 aromatic carbocycles. The zero-order chi connectivity index (χ0) is 13.8. The minimum atomic E-state index is 0.714. The monoisotopic (exact) mass is 253 g/mol. The first-order valence-corrected chi connectivity index (χ1v) is 6.95. The van der Waals surface area contributed by atoms with E-state index in [1.54, 1.807) is 0 Å². The molecule has 2 N–H and O–H groups in total. The fourth-order valence-corrected chi connectivity index (χ4v) is 2.49. The molecule has 2 aromatic rings. The van der Waals surface area contributed by atoms with E-state index in [0.29, 0.717) is 6.54 Å². The summed E-state index contributed by atoms with van der Waals surface area (Å²) in [5.41, 5.74) is 14.0. The summed E-state index contributed by atoms with van der Waals surface area (Å²) >= 11 is 0. The summed E-state index contributed by atoms with van der Waals surface area (Å²) in [5, 5.41) is 0. The molecule has 0 atom stereocenters. The topological polar surface area (TPSA) is 26.0 Å². The smallest absolute Gasteiger partial charge is 0.00229 e. The maximum absolute atomic E-state index is 5.62. The van der Waals surface area contributed by atoms with Gasteiger partial charge in [-0.1, -0.05) is 36.4 Å². The quantitative estimate of drug-likeness (QED) is 0.883. The Bertz CT molecular complexity index is 570. The third kappa shape index (κ3) is 3.24. The number of benzene rings is 2. The van der Waals surface area contributed by atoms with E-state index in [-0.39, 0.29) is 0 Å². The first kappa shape index (κ1) is 13.8. The Morgan fingerprint density at radius 2 is 1.63 bits per heavy atom. The summed E-state index contributed by atoms with van der Waals surface area (Å²) in [6.45, 7) is 7.32. The SMILES string of the molecule is Cc1ccc(Cc2cccc(CCN)c2)c(C)c1C. The van der Waals surface area contributed by atoms with Crippen LogP contribution in [-0.2, 0) is 12.8 Å². The van der Waals surface area contributed by atoms with E-state index in [0.717, 1.165) is 12.8 Å². The lowest BCUT2D eigenvalue weighted by Gasteiger charge is -2.12. The van der Waals surface area contributed by atoms with Gasteiger partial charge in [0, 0.05) is 0 Å². The molecular formula is C18H23N. The number of hydrogen-bond acceptors (Lipinski definition) is 1. The second-order valence-corrected chi connectivity index (χ2v) is 5.33. The van der Waals surface area contributed by atoms with Crippen LogP contribution in [0.5, 0.6) is 0 Å². The van der Waals surface area contributed by atoms with Crippen LogP contribution in [0.4, 0.5) is 0 Å². The molecule has 0 radical (unpaired) electrons. The maximum Gasteiger partial charge on any atom is -0.00229 e. The molecule has 0 aliphatic rings. The third-order valence-electron chi connectivity index (χ3n) is 3.99. The number of rotatable bonds is 4. The van der Waals surface area contributed by atoms with Crippen LogP contribution in [0.25, 0.3) is 0 Å². The van der Waals surface area contributed by atoms with Crippen molar-refractivity contribution in [2.24, 2.45) is 5.73 Å². The molecular weight excluding hydrogens is 230 g/mol. The predicted molar refractivity (Wildman–Crippen MR) is 82.7 cm³/mol. The highest BCUT2D eigenvalue weighted by molar-refractivity contribution is 5.41. The van der Waals surface area contributed by atoms with Crippen molar-refractivity contribution in [3.8, 4) is 0 Å². The van der Waals surface area contributed by atoms with Crippen LogP contribution in [0.2, 0.25) is 0 Å². The summed E-state index contributed by atoms with van der Waals surface area (Å²) < 4.78 is 0. The first-order chi connectivity index (χ1) is 9.11. The van der Waals surface area contributed by atoms with Crippen molar-refractivity contribution >= 4 is 0 Å². The molecule has 0 saturated heterocycles. The van der Waals surface area contributed by atoms with Crippen LogP contribution in [-0.4, -0.2) is 6.54 Å². The fraction of sp³-hybridized carbons (Fsp3) is 0.333. The molecule has 0 aliphatic heterocycles. The molecule has 0 spiro atoms. The van der Waals surface area contributed by atoms with Crippen molar-refractivity contribution in [1.29, 1.82) is 0 Å². The molecule has 0 heterocycles. The van der Waals surface area contributed by atoms with Crippen LogP contribution in [0.3, 0.4) is 0 Å². The predicted octanol–water partition coefficient (Wildman–Crippen LogP) is 3.70. The Labute approximate surface area is 116 Å². The van der Waals surface area contributed by atoms with Crippen LogP contribution in [0.15, 0.2) is 36.4 Å². The van der Waals surface area contributed by atoms with Crippen LogP contribution < -0.4 is 5.73 Å². The van der Waals surface area contributed by atoms with E-state index >= 15 is 0 Å². The van der Waals surface area contributed by atoms with Gasteiger partial charge in [-0.05, 0) is 73.5 Å². The van der Waals surface area contributed by atoms with Gasteiger partial charge in [0.2, 0.25) is 0 Å². The number of hydrogen-bond donors (Lipinski definition) is 1. The van der Waals surface area contributed by atoms with Gasteiger partial charge in [-0.2, -0.15) is 0 Å². The van der Waals surface area contributed by atoms with Gasteiger partial charge in [-0.25, -0.2) is 0 Å². The van der Waals surface area contributed by atoms with Crippen LogP contribution in [0, 0.1) is 20.8 Å². The highest BCUT2D eigenvalue weighted by Crippen LogP contribution is 2.20. The van der Waals surface area contributed by atoms with Gasteiger partial charge in [0.25, 0.3) is 0 Å². The van der Waals surface area contributed by atoms with Crippen molar-refractivity contribution in [3.05, 3.63) is 69.8 Å². The second kappa shape index (κ2) is 6.03. The molecule has 0 saturated carbocycles. The average Bonchev–Trinajstić information content (AvgIpc) is 2.40. The maximum atomic E-state index is 5.62. The summed E-state index contributed by atoms with van der Waals surface area (Å²) in [4.78, 5) is 0. The van der Waals surface area contributed by atoms with Gasteiger partial charge in [-0.15, -0.1) is 0 Å². The number of nitrogens with two attached hydrogens (primary N) is 1. The minimum absolute atomic E-state index is 0.714. The van der Waals surface area contributed by atoms with E-state index in [2.05, 4.69) is 57.2 Å². The second-order valence-electron chi connectivity index (χ2n) is 5.33. The average molecular weight is 253 g/mol. The van der Waals surface area contributed by atoms with E-state index in [1.807, 2.05) is 0 Å². The molecule has 0 fully saturated rings. The largest absolute Gasteiger partial charge is 0.330 e. The highest BCUT2D eigenvalue weighted by atomic mass is 14.5. The van der Waals surface area contributed by atoms with E-state index in [9.17, 15) is 0 Å². The Hall–Kier alpha value is -1.60. The van der Waals surface area contributed by atoms with Crippen molar-refractivity contribution < 1.29 is 0 Å². The van der Waals surface area contributed by atoms with Gasteiger partial charge >= 0.3 is 0 Å². The zero-order valence-corrected chi connectivity index (χ0v) is 12.2. The number of aryl methyl sites for hydroxylation is 1. The van der Waals surface area contributed by atoms with Gasteiger partial charge < -0.3 is 5.73 Å². The van der Waals surface area contributed by atoms with Crippen molar-refractivity contribution in [2.75, 3.05) is 6.54 Å². The van der Waals surface area contributed by atoms with E-state index < -0.39 is 0 Å². The molecule has 1 nitrogen and oxygen atoms in total. The Balaban J connectivity index is 2.26. The molecule has 0 amide bonds. The van der Waals surface area contributed by atoms with Gasteiger partial charge in [0.15, 0.2) is 0 Å². The summed E-state index contributed by atoms with van der Waals surface area (Å²) in [5.74, 6) is 0. The zero-order valence-electron chi connectivity index (χ0n) is 12.2. The normalized spacial score (nSPS) is 10.7. The molecule has 0 unspecified atom stereocenters. The molecule has 0 bridgehead atoms. The Morgan fingerprint density at radius 1 is 0.895 bits per heavy atom. The highest BCUT2D eigenvalue weighted by Gasteiger charge is 2.05. The van der Waals surface area contributed by atoms with Crippen LogP contribution >= 0.6 is 0 Å². The van der Waals surface area contributed by atoms with Gasteiger partial charge in [0.1, 0.15) is 0 Å². The molecule has 2 rings (SSSR count). The lowest BCUT2D eigenvalue weighted by molar-refractivity contribution is 0.963. The third-order valence-corrected chi connectivity index (χ3v) is 3.99.